The minimum absolute atomic E-state index is 0.174. The molecule has 0 aliphatic heterocycles. The number of rotatable bonds is 9. The number of methoxy groups -OCH3 is 2. The van der Waals surface area contributed by atoms with Crippen LogP contribution in [0, 0.1) is 0 Å². The number of carbonyl (C=O) groups excluding carboxylic acids is 2. The predicted octanol–water partition coefficient (Wildman–Crippen LogP) is 3.70. The first-order chi connectivity index (χ1) is 13.9. The maximum atomic E-state index is 12.1. The normalized spacial score (nSPS) is 11.7. The van der Waals surface area contributed by atoms with E-state index in [-0.39, 0.29) is 18.6 Å². The van der Waals surface area contributed by atoms with E-state index in [1.807, 2.05) is 31.2 Å². The lowest BCUT2D eigenvalue weighted by atomic mass is 10.1. The fourth-order valence-electron chi connectivity index (χ4n) is 2.68. The average Bonchev–Trinajstić information content (AvgIpc) is 2.75. The van der Waals surface area contributed by atoms with Gasteiger partial charge in [-0.15, -0.1) is 0 Å². The van der Waals surface area contributed by atoms with Crippen LogP contribution >= 0.6 is 0 Å². The molecule has 0 heterocycles. The van der Waals surface area contributed by atoms with Crippen LogP contribution in [0.2, 0.25) is 0 Å². The van der Waals surface area contributed by atoms with Gasteiger partial charge in [-0.25, -0.2) is 4.79 Å². The first kappa shape index (κ1) is 22.0. The van der Waals surface area contributed by atoms with Crippen molar-refractivity contribution in [2.75, 3.05) is 20.8 Å². The molecule has 2 aromatic rings. The molecule has 6 nitrogen and oxygen atoms in total. The van der Waals surface area contributed by atoms with E-state index in [9.17, 15) is 9.59 Å². The van der Waals surface area contributed by atoms with Gasteiger partial charge in [-0.3, -0.25) is 4.79 Å². The molecule has 154 valence electrons. The van der Waals surface area contributed by atoms with Gasteiger partial charge in [0.15, 0.2) is 6.61 Å². The highest BCUT2D eigenvalue weighted by atomic mass is 16.5. The summed E-state index contributed by atoms with van der Waals surface area (Å²) in [6.45, 7) is 3.63. The Balaban J connectivity index is 1.85. The summed E-state index contributed by atoms with van der Waals surface area (Å²) in [5.74, 6) is 0.249. The van der Waals surface area contributed by atoms with Crippen LogP contribution in [-0.2, 0) is 20.7 Å². The Morgan fingerprint density at radius 3 is 2.21 bits per heavy atom. The molecule has 1 N–H and O–H groups in total. The van der Waals surface area contributed by atoms with Crippen molar-refractivity contribution in [1.82, 2.24) is 5.32 Å². The van der Waals surface area contributed by atoms with E-state index in [0.717, 1.165) is 12.0 Å². The second kappa shape index (κ2) is 10.9. The molecule has 0 unspecified atom stereocenters. The van der Waals surface area contributed by atoms with E-state index in [0.29, 0.717) is 17.1 Å². The molecule has 29 heavy (non-hydrogen) atoms. The Morgan fingerprint density at radius 2 is 1.66 bits per heavy atom. The van der Waals surface area contributed by atoms with E-state index in [1.165, 1.54) is 11.6 Å². The van der Waals surface area contributed by atoms with Gasteiger partial charge in [0.2, 0.25) is 0 Å². The fraction of sp³-hybridized carbons (Fsp3) is 0.304. The fourth-order valence-corrected chi connectivity index (χ4v) is 2.68. The van der Waals surface area contributed by atoms with Crippen LogP contribution < -0.4 is 14.8 Å². The van der Waals surface area contributed by atoms with Crippen molar-refractivity contribution < 1.29 is 23.8 Å². The van der Waals surface area contributed by atoms with Crippen molar-refractivity contribution in [3.8, 4) is 11.5 Å². The minimum atomic E-state index is -0.609. The van der Waals surface area contributed by atoms with Crippen molar-refractivity contribution in [2.24, 2.45) is 0 Å². The molecular formula is C23H27NO5. The summed E-state index contributed by atoms with van der Waals surface area (Å²) in [6, 6.07) is 13.1. The molecule has 0 spiro atoms. The number of hydrogen-bond donors (Lipinski definition) is 1. The Labute approximate surface area is 171 Å². The number of aryl methyl sites for hydroxylation is 1. The zero-order chi connectivity index (χ0) is 21.2. The molecular weight excluding hydrogens is 370 g/mol. The van der Waals surface area contributed by atoms with Gasteiger partial charge in [0.25, 0.3) is 5.91 Å². The smallest absolute Gasteiger partial charge is 0.331 e. The van der Waals surface area contributed by atoms with Gasteiger partial charge in [0, 0.05) is 12.1 Å². The zero-order valence-corrected chi connectivity index (χ0v) is 17.2. The standard InChI is InChI=1S/C23H27NO5/c1-5-17-6-9-19(10-7-17)16(2)24-22(25)15-29-23(26)11-8-18-12-20(27-3)14-21(13-18)28-4/h6-14,16H,5,15H2,1-4H3,(H,24,25)/b11-8+/t16-/m0/s1. The van der Waals surface area contributed by atoms with Crippen LogP contribution in [0.4, 0.5) is 0 Å². The minimum Gasteiger partial charge on any atom is -0.497 e. The summed E-state index contributed by atoms with van der Waals surface area (Å²) >= 11 is 0. The van der Waals surface area contributed by atoms with Gasteiger partial charge in [-0.1, -0.05) is 31.2 Å². The van der Waals surface area contributed by atoms with Crippen molar-refractivity contribution in [3.05, 3.63) is 65.2 Å². The molecule has 0 aliphatic rings. The van der Waals surface area contributed by atoms with Crippen molar-refractivity contribution in [3.63, 3.8) is 0 Å². The number of nitrogens with one attached hydrogen (secondary N) is 1. The topological polar surface area (TPSA) is 73.9 Å². The zero-order valence-electron chi connectivity index (χ0n) is 17.2. The number of hydrogen-bond acceptors (Lipinski definition) is 5. The summed E-state index contributed by atoms with van der Waals surface area (Å²) in [7, 11) is 3.10. The lowest BCUT2D eigenvalue weighted by Crippen LogP contribution is -2.30. The van der Waals surface area contributed by atoms with Crippen molar-refractivity contribution in [2.45, 2.75) is 26.3 Å². The third-order valence-electron chi connectivity index (χ3n) is 4.40. The largest absolute Gasteiger partial charge is 0.497 e. The molecule has 0 fully saturated rings. The average molecular weight is 397 g/mol. The first-order valence-corrected chi connectivity index (χ1v) is 9.41. The molecule has 2 aromatic carbocycles. The van der Waals surface area contributed by atoms with Gasteiger partial charge in [-0.2, -0.15) is 0 Å². The molecule has 1 atom stereocenters. The quantitative estimate of drug-likeness (QED) is 0.516. The Kier molecular flexibility index (Phi) is 8.27. The second-order valence-corrected chi connectivity index (χ2v) is 6.47. The van der Waals surface area contributed by atoms with E-state index in [2.05, 4.69) is 12.2 Å². The van der Waals surface area contributed by atoms with Crippen LogP contribution in [0.5, 0.6) is 11.5 Å². The summed E-state index contributed by atoms with van der Waals surface area (Å²) in [4.78, 5) is 24.0. The van der Waals surface area contributed by atoms with Crippen LogP contribution in [0.1, 0.15) is 36.6 Å². The summed E-state index contributed by atoms with van der Waals surface area (Å²) in [5, 5.41) is 2.82. The Morgan fingerprint density at radius 1 is 1.03 bits per heavy atom. The summed E-state index contributed by atoms with van der Waals surface area (Å²) in [5.41, 5.74) is 2.95. The summed E-state index contributed by atoms with van der Waals surface area (Å²) in [6.07, 6.45) is 3.80. The number of ether oxygens (including phenoxy) is 3. The first-order valence-electron chi connectivity index (χ1n) is 9.41. The van der Waals surface area contributed by atoms with E-state index in [4.69, 9.17) is 14.2 Å². The molecule has 0 aliphatic carbocycles. The van der Waals surface area contributed by atoms with E-state index >= 15 is 0 Å². The molecule has 0 aromatic heterocycles. The van der Waals surface area contributed by atoms with Gasteiger partial charge >= 0.3 is 5.97 Å². The molecule has 0 radical (unpaired) electrons. The highest BCUT2D eigenvalue weighted by molar-refractivity contribution is 5.89. The van der Waals surface area contributed by atoms with Crippen molar-refractivity contribution in [1.29, 1.82) is 0 Å². The van der Waals surface area contributed by atoms with Crippen molar-refractivity contribution >= 4 is 18.0 Å². The van der Waals surface area contributed by atoms with E-state index in [1.54, 1.807) is 38.5 Å². The third kappa shape index (κ3) is 6.99. The van der Waals surface area contributed by atoms with Gasteiger partial charge in [0.05, 0.1) is 20.3 Å². The van der Waals surface area contributed by atoms with Crippen LogP contribution in [0.3, 0.4) is 0 Å². The molecule has 0 bridgehead atoms. The molecule has 1 amide bonds. The third-order valence-corrected chi connectivity index (χ3v) is 4.40. The lowest BCUT2D eigenvalue weighted by Gasteiger charge is -2.14. The van der Waals surface area contributed by atoms with Crippen LogP contribution in [0.15, 0.2) is 48.5 Å². The SMILES string of the molecule is CCc1ccc([C@H](C)NC(=O)COC(=O)/C=C/c2cc(OC)cc(OC)c2)cc1. The maximum Gasteiger partial charge on any atom is 0.331 e. The van der Waals surface area contributed by atoms with Gasteiger partial charge < -0.3 is 19.5 Å². The number of esters is 1. The van der Waals surface area contributed by atoms with Gasteiger partial charge in [-0.05, 0) is 48.2 Å². The van der Waals surface area contributed by atoms with E-state index < -0.39 is 5.97 Å². The highest BCUT2D eigenvalue weighted by Crippen LogP contribution is 2.23. The number of amides is 1. The second-order valence-electron chi connectivity index (χ2n) is 6.47. The number of benzene rings is 2. The monoisotopic (exact) mass is 397 g/mol. The van der Waals surface area contributed by atoms with Gasteiger partial charge in [0.1, 0.15) is 11.5 Å². The van der Waals surface area contributed by atoms with Crippen LogP contribution in [0.25, 0.3) is 6.08 Å². The predicted molar refractivity (Wildman–Crippen MR) is 112 cm³/mol. The number of carbonyl (C=O) groups is 2. The molecule has 6 heteroatoms. The highest BCUT2D eigenvalue weighted by Gasteiger charge is 2.11. The molecule has 2 rings (SSSR count). The Bertz CT molecular complexity index is 836. The lowest BCUT2D eigenvalue weighted by molar-refractivity contribution is -0.144. The Hall–Kier alpha value is -3.28. The maximum absolute atomic E-state index is 12.1. The van der Waals surface area contributed by atoms with Crippen LogP contribution in [-0.4, -0.2) is 32.7 Å². The molecule has 0 saturated carbocycles. The summed E-state index contributed by atoms with van der Waals surface area (Å²) < 4.78 is 15.4. The molecule has 0 saturated heterocycles.